The summed E-state index contributed by atoms with van der Waals surface area (Å²) in [6, 6.07) is 19.4. The molecular formula is C24H26N8O. The van der Waals surface area contributed by atoms with Gasteiger partial charge in [0.1, 0.15) is 5.82 Å². The highest BCUT2D eigenvalue weighted by molar-refractivity contribution is 5.78. The summed E-state index contributed by atoms with van der Waals surface area (Å²) in [5.41, 5.74) is 3.76. The van der Waals surface area contributed by atoms with E-state index in [1.165, 1.54) is 0 Å². The molecule has 0 aliphatic carbocycles. The van der Waals surface area contributed by atoms with E-state index >= 15 is 0 Å². The Morgan fingerprint density at radius 1 is 0.909 bits per heavy atom. The number of H-pyrrole nitrogens is 1. The molecule has 168 valence electrons. The van der Waals surface area contributed by atoms with Gasteiger partial charge in [0.05, 0.1) is 6.42 Å². The number of carbonyl (C=O) groups is 1. The second-order valence-electron chi connectivity index (χ2n) is 7.57. The van der Waals surface area contributed by atoms with Crippen molar-refractivity contribution in [3.63, 3.8) is 0 Å². The third-order valence-corrected chi connectivity index (χ3v) is 4.85. The molecule has 9 heteroatoms. The molecule has 0 radical (unpaired) electrons. The van der Waals surface area contributed by atoms with E-state index in [0.29, 0.717) is 42.9 Å². The van der Waals surface area contributed by atoms with Gasteiger partial charge in [0, 0.05) is 30.4 Å². The van der Waals surface area contributed by atoms with E-state index in [0.717, 1.165) is 22.5 Å². The lowest BCUT2D eigenvalue weighted by Crippen LogP contribution is -2.24. The van der Waals surface area contributed by atoms with Gasteiger partial charge in [-0.2, -0.15) is 20.1 Å². The molecule has 2 heterocycles. The molecule has 9 nitrogen and oxygen atoms in total. The second kappa shape index (κ2) is 10.4. The zero-order valence-corrected chi connectivity index (χ0v) is 18.6. The molecule has 4 N–H and O–H groups in total. The second-order valence-corrected chi connectivity index (χ2v) is 7.57. The maximum absolute atomic E-state index is 12.3. The minimum Gasteiger partial charge on any atom is -0.352 e. The van der Waals surface area contributed by atoms with Gasteiger partial charge in [-0.1, -0.05) is 49.4 Å². The van der Waals surface area contributed by atoms with E-state index in [9.17, 15) is 4.79 Å². The van der Waals surface area contributed by atoms with Crippen molar-refractivity contribution in [2.45, 2.75) is 33.2 Å². The van der Waals surface area contributed by atoms with Gasteiger partial charge < -0.3 is 16.0 Å². The Labute approximate surface area is 192 Å². The molecule has 2 aromatic carbocycles. The summed E-state index contributed by atoms with van der Waals surface area (Å²) in [7, 11) is 0. The zero-order chi connectivity index (χ0) is 23.0. The number of nitrogens with one attached hydrogen (secondary N) is 4. The molecule has 4 rings (SSSR count). The molecule has 2 aromatic heterocycles. The van der Waals surface area contributed by atoms with Crippen molar-refractivity contribution in [2.24, 2.45) is 0 Å². The quantitative estimate of drug-likeness (QED) is 0.311. The van der Waals surface area contributed by atoms with Crippen LogP contribution in [0.5, 0.6) is 0 Å². The van der Waals surface area contributed by atoms with Crippen LogP contribution in [0, 0.1) is 6.92 Å². The highest BCUT2D eigenvalue weighted by Crippen LogP contribution is 2.18. The van der Waals surface area contributed by atoms with E-state index in [-0.39, 0.29) is 5.91 Å². The number of rotatable bonds is 9. The minimum atomic E-state index is -0.0195. The van der Waals surface area contributed by atoms with E-state index in [4.69, 9.17) is 0 Å². The molecule has 4 aromatic rings. The Bertz CT molecular complexity index is 1200. The standard InChI is InChI=1S/C24H26N8O/c1-3-20-27-23(30-24(28-20)29-21-13-16(2)31-32-21)26-19-11-9-17(10-12-19)14-22(33)25-15-18-7-5-4-6-8-18/h4-13H,3,14-15H2,1-2H3,(H,25,33)(H3,26,27,28,29,30,31,32). The minimum absolute atomic E-state index is 0.0195. The molecule has 0 bridgehead atoms. The molecule has 0 saturated heterocycles. The number of hydrogen-bond donors (Lipinski definition) is 4. The Balaban J connectivity index is 1.37. The fraction of sp³-hybridized carbons (Fsp3) is 0.208. The molecule has 0 aliphatic rings. The summed E-state index contributed by atoms with van der Waals surface area (Å²) in [5.74, 6) is 2.14. The number of benzene rings is 2. The predicted octanol–water partition coefficient (Wildman–Crippen LogP) is 3.81. The Morgan fingerprint density at radius 2 is 1.64 bits per heavy atom. The van der Waals surface area contributed by atoms with Crippen LogP contribution in [0.3, 0.4) is 0 Å². The molecule has 1 amide bonds. The summed E-state index contributed by atoms with van der Waals surface area (Å²) in [6.45, 7) is 4.43. The Hall–Kier alpha value is -4.27. The number of hydrogen-bond acceptors (Lipinski definition) is 7. The molecule has 0 spiro atoms. The Morgan fingerprint density at radius 3 is 2.30 bits per heavy atom. The smallest absolute Gasteiger partial charge is 0.233 e. The maximum Gasteiger partial charge on any atom is 0.233 e. The first-order valence-electron chi connectivity index (χ1n) is 10.8. The van der Waals surface area contributed by atoms with Crippen molar-refractivity contribution in [3.8, 4) is 0 Å². The Kier molecular flexibility index (Phi) is 6.89. The van der Waals surface area contributed by atoms with Gasteiger partial charge in [0.2, 0.25) is 17.8 Å². The molecule has 0 fully saturated rings. The monoisotopic (exact) mass is 442 g/mol. The lowest BCUT2D eigenvalue weighted by atomic mass is 10.1. The summed E-state index contributed by atoms with van der Waals surface area (Å²) >= 11 is 0. The fourth-order valence-corrected chi connectivity index (χ4v) is 3.17. The van der Waals surface area contributed by atoms with Crippen molar-refractivity contribution in [1.82, 2.24) is 30.5 Å². The van der Waals surface area contributed by atoms with Crippen LogP contribution in [0.1, 0.15) is 29.6 Å². The zero-order valence-electron chi connectivity index (χ0n) is 18.6. The molecule has 0 aliphatic heterocycles. The van der Waals surface area contributed by atoms with Gasteiger partial charge in [0.25, 0.3) is 0 Å². The van der Waals surface area contributed by atoms with Crippen LogP contribution >= 0.6 is 0 Å². The first-order valence-corrected chi connectivity index (χ1v) is 10.8. The van der Waals surface area contributed by atoms with Gasteiger partial charge in [-0.05, 0) is 30.2 Å². The number of anilines is 4. The first kappa shape index (κ1) is 21.9. The summed E-state index contributed by atoms with van der Waals surface area (Å²) in [5, 5.41) is 16.3. The van der Waals surface area contributed by atoms with Crippen LogP contribution in [0.15, 0.2) is 60.7 Å². The summed E-state index contributed by atoms with van der Waals surface area (Å²) < 4.78 is 0. The van der Waals surface area contributed by atoms with Gasteiger partial charge in [0.15, 0.2) is 5.82 Å². The van der Waals surface area contributed by atoms with Crippen molar-refractivity contribution < 1.29 is 4.79 Å². The van der Waals surface area contributed by atoms with Crippen molar-refractivity contribution >= 4 is 29.3 Å². The number of carbonyl (C=O) groups excluding carboxylic acids is 1. The van der Waals surface area contributed by atoms with E-state index in [1.807, 2.05) is 74.5 Å². The van der Waals surface area contributed by atoms with Gasteiger partial charge >= 0.3 is 0 Å². The van der Waals surface area contributed by atoms with E-state index in [2.05, 4.69) is 41.1 Å². The van der Waals surface area contributed by atoms with Crippen LogP contribution in [-0.4, -0.2) is 31.1 Å². The van der Waals surface area contributed by atoms with Gasteiger partial charge in [-0.3, -0.25) is 9.89 Å². The summed E-state index contributed by atoms with van der Waals surface area (Å²) in [6.07, 6.45) is 0.985. The highest BCUT2D eigenvalue weighted by atomic mass is 16.1. The van der Waals surface area contributed by atoms with Crippen LogP contribution < -0.4 is 16.0 Å². The van der Waals surface area contributed by atoms with Gasteiger partial charge in [-0.25, -0.2) is 0 Å². The van der Waals surface area contributed by atoms with Gasteiger partial charge in [-0.15, -0.1) is 0 Å². The molecule has 0 unspecified atom stereocenters. The van der Waals surface area contributed by atoms with Crippen LogP contribution in [0.2, 0.25) is 0 Å². The largest absolute Gasteiger partial charge is 0.352 e. The molecule has 33 heavy (non-hydrogen) atoms. The number of amides is 1. The maximum atomic E-state index is 12.3. The normalized spacial score (nSPS) is 10.6. The highest BCUT2D eigenvalue weighted by Gasteiger charge is 2.09. The van der Waals surface area contributed by atoms with Crippen molar-refractivity contribution in [2.75, 3.05) is 10.6 Å². The number of aromatic nitrogens is 5. The third-order valence-electron chi connectivity index (χ3n) is 4.85. The van der Waals surface area contributed by atoms with E-state index in [1.54, 1.807) is 0 Å². The summed E-state index contributed by atoms with van der Waals surface area (Å²) in [4.78, 5) is 25.6. The molecule has 0 saturated carbocycles. The predicted molar refractivity (Wildman–Crippen MR) is 128 cm³/mol. The van der Waals surface area contributed by atoms with Crippen molar-refractivity contribution in [3.05, 3.63) is 83.3 Å². The van der Waals surface area contributed by atoms with Crippen molar-refractivity contribution in [1.29, 1.82) is 0 Å². The fourth-order valence-electron chi connectivity index (χ4n) is 3.17. The lowest BCUT2D eigenvalue weighted by molar-refractivity contribution is -0.120. The molecule has 0 atom stereocenters. The number of aryl methyl sites for hydroxylation is 2. The average molecular weight is 443 g/mol. The lowest BCUT2D eigenvalue weighted by Gasteiger charge is -2.10. The number of aromatic amines is 1. The van der Waals surface area contributed by atoms with Crippen LogP contribution in [-0.2, 0) is 24.2 Å². The average Bonchev–Trinajstić information content (AvgIpc) is 3.24. The SMILES string of the molecule is CCc1nc(Nc2ccc(CC(=O)NCc3ccccc3)cc2)nc(Nc2cc(C)[nH]n2)n1. The topological polar surface area (TPSA) is 121 Å². The molecular weight excluding hydrogens is 416 g/mol. The van der Waals surface area contributed by atoms with E-state index < -0.39 is 0 Å². The number of nitrogens with zero attached hydrogens (tertiary/aromatic N) is 4. The van der Waals surface area contributed by atoms with Crippen LogP contribution in [0.25, 0.3) is 0 Å². The third kappa shape index (κ3) is 6.36. The van der Waals surface area contributed by atoms with Crippen LogP contribution in [0.4, 0.5) is 23.4 Å². The first-order chi connectivity index (χ1) is 16.1.